The highest BCUT2D eigenvalue weighted by molar-refractivity contribution is 6.34. The fourth-order valence-electron chi connectivity index (χ4n) is 4.34. The highest BCUT2D eigenvalue weighted by Crippen LogP contribution is 2.28. The van der Waals surface area contributed by atoms with Crippen molar-refractivity contribution >= 4 is 23.4 Å². The summed E-state index contributed by atoms with van der Waals surface area (Å²) < 4.78 is 5.81. The molecule has 34 heavy (non-hydrogen) atoms. The molecule has 0 spiro atoms. The molecule has 0 bridgehead atoms. The molecule has 3 rings (SSSR count). The van der Waals surface area contributed by atoms with E-state index in [9.17, 15) is 14.7 Å². The Morgan fingerprint density at radius 1 is 1.12 bits per heavy atom. The maximum atomic E-state index is 12.9. The number of amides is 2. The van der Waals surface area contributed by atoms with E-state index in [2.05, 4.69) is 0 Å². The van der Waals surface area contributed by atoms with Crippen molar-refractivity contribution < 1.29 is 19.4 Å². The summed E-state index contributed by atoms with van der Waals surface area (Å²) in [6, 6.07) is 14.3. The van der Waals surface area contributed by atoms with E-state index in [-0.39, 0.29) is 11.8 Å². The summed E-state index contributed by atoms with van der Waals surface area (Å²) in [4.78, 5) is 28.3. The summed E-state index contributed by atoms with van der Waals surface area (Å²) in [7, 11) is 3.39. The topological polar surface area (TPSA) is 70.1 Å². The molecule has 2 aromatic carbocycles. The molecular weight excluding hydrogens is 452 g/mol. The molecule has 0 aliphatic carbocycles. The molecule has 1 aliphatic heterocycles. The number of rotatable bonds is 9. The average molecular weight is 487 g/mol. The van der Waals surface area contributed by atoms with Crippen LogP contribution in [0.25, 0.3) is 0 Å². The predicted octanol–water partition coefficient (Wildman–Crippen LogP) is 4.74. The summed E-state index contributed by atoms with van der Waals surface area (Å²) in [6.45, 7) is 3.53. The molecule has 0 aromatic heterocycles. The molecule has 1 fully saturated rings. The van der Waals surface area contributed by atoms with Gasteiger partial charge in [0.05, 0.1) is 17.2 Å². The number of piperidine rings is 1. The van der Waals surface area contributed by atoms with Crippen LogP contribution in [-0.4, -0.2) is 60.5 Å². The first-order valence-electron chi connectivity index (χ1n) is 11.9. The number of likely N-dealkylation sites (tertiary alicyclic amines) is 1. The van der Waals surface area contributed by atoms with E-state index < -0.39 is 5.60 Å². The van der Waals surface area contributed by atoms with Gasteiger partial charge in [0.25, 0.3) is 11.8 Å². The van der Waals surface area contributed by atoms with Crippen LogP contribution in [0, 0.1) is 5.92 Å². The van der Waals surface area contributed by atoms with Crippen LogP contribution in [-0.2, 0) is 10.4 Å². The second-order valence-corrected chi connectivity index (χ2v) is 9.77. The van der Waals surface area contributed by atoms with Crippen LogP contribution >= 0.6 is 11.6 Å². The quantitative estimate of drug-likeness (QED) is 0.520. The lowest BCUT2D eigenvalue weighted by molar-refractivity contribution is -0.152. The fourth-order valence-corrected chi connectivity index (χ4v) is 4.60. The lowest BCUT2D eigenvalue weighted by Gasteiger charge is -2.36. The van der Waals surface area contributed by atoms with Crippen molar-refractivity contribution in [2.75, 3.05) is 33.8 Å². The first-order chi connectivity index (χ1) is 16.2. The number of unbranched alkanes of at least 4 members (excludes halogenated alkanes) is 1. The smallest absolute Gasteiger partial charge is 0.258 e. The van der Waals surface area contributed by atoms with Crippen LogP contribution < -0.4 is 4.74 Å². The van der Waals surface area contributed by atoms with E-state index >= 15 is 0 Å². The predicted molar refractivity (Wildman–Crippen MR) is 134 cm³/mol. The highest BCUT2D eigenvalue weighted by atomic mass is 35.5. The number of benzene rings is 2. The Labute approximate surface area is 207 Å². The molecule has 0 unspecified atom stereocenters. The van der Waals surface area contributed by atoms with Crippen LogP contribution in [0.5, 0.6) is 5.75 Å². The van der Waals surface area contributed by atoms with Crippen LogP contribution in [0.3, 0.4) is 0 Å². The van der Waals surface area contributed by atoms with Crippen molar-refractivity contribution in [2.45, 2.75) is 44.6 Å². The Morgan fingerprint density at radius 2 is 1.79 bits per heavy atom. The van der Waals surface area contributed by atoms with Gasteiger partial charge in [0.2, 0.25) is 0 Å². The number of halogens is 1. The summed E-state index contributed by atoms with van der Waals surface area (Å²) in [5, 5.41) is 11.2. The van der Waals surface area contributed by atoms with Crippen molar-refractivity contribution in [3.8, 4) is 5.75 Å². The van der Waals surface area contributed by atoms with Gasteiger partial charge >= 0.3 is 0 Å². The second-order valence-electron chi connectivity index (χ2n) is 9.36. The third-order valence-corrected chi connectivity index (χ3v) is 6.82. The van der Waals surface area contributed by atoms with E-state index in [0.29, 0.717) is 47.5 Å². The SMILES string of the molecule is CN(C)C(=O)c1ccc(OCCCCC2CCN(C(=O)[C@@](C)(O)c3ccccc3)CC2)cc1Cl. The second kappa shape index (κ2) is 11.7. The van der Waals surface area contributed by atoms with Gasteiger partial charge in [-0.3, -0.25) is 9.59 Å². The maximum absolute atomic E-state index is 12.9. The molecule has 2 amide bonds. The van der Waals surface area contributed by atoms with Gasteiger partial charge in [-0.05, 0) is 62.3 Å². The minimum absolute atomic E-state index is 0.132. The minimum atomic E-state index is -1.49. The fraction of sp³-hybridized carbons (Fsp3) is 0.481. The summed E-state index contributed by atoms with van der Waals surface area (Å²) >= 11 is 6.24. The zero-order valence-corrected chi connectivity index (χ0v) is 21.1. The van der Waals surface area contributed by atoms with Gasteiger partial charge in [-0.25, -0.2) is 0 Å². The summed E-state index contributed by atoms with van der Waals surface area (Å²) in [5.41, 5.74) is -0.400. The monoisotopic (exact) mass is 486 g/mol. The van der Waals surface area contributed by atoms with E-state index in [4.69, 9.17) is 16.3 Å². The highest BCUT2D eigenvalue weighted by Gasteiger charge is 2.37. The van der Waals surface area contributed by atoms with Gasteiger partial charge in [-0.2, -0.15) is 0 Å². The third kappa shape index (κ3) is 6.51. The number of carbonyl (C=O) groups is 2. The lowest BCUT2D eigenvalue weighted by Crippen LogP contribution is -2.48. The van der Waals surface area contributed by atoms with Crippen LogP contribution in [0.4, 0.5) is 0 Å². The van der Waals surface area contributed by atoms with E-state index in [0.717, 1.165) is 32.1 Å². The molecule has 1 heterocycles. The molecule has 2 aromatic rings. The Hall–Kier alpha value is -2.57. The van der Waals surface area contributed by atoms with Crippen LogP contribution in [0.2, 0.25) is 5.02 Å². The minimum Gasteiger partial charge on any atom is -0.494 e. The molecule has 1 atom stereocenters. The molecule has 1 saturated heterocycles. The molecule has 0 radical (unpaired) electrons. The number of nitrogens with zero attached hydrogens (tertiary/aromatic N) is 2. The van der Waals surface area contributed by atoms with Crippen molar-refractivity contribution in [1.82, 2.24) is 9.80 Å². The molecule has 1 N–H and O–H groups in total. The zero-order valence-electron chi connectivity index (χ0n) is 20.3. The van der Waals surface area contributed by atoms with Gasteiger partial charge in [0.15, 0.2) is 5.60 Å². The van der Waals surface area contributed by atoms with Gasteiger partial charge in [0, 0.05) is 27.2 Å². The van der Waals surface area contributed by atoms with E-state index in [1.165, 1.54) is 4.90 Å². The van der Waals surface area contributed by atoms with E-state index in [1.807, 2.05) is 18.2 Å². The number of aliphatic hydroxyl groups is 1. The number of hydrogen-bond acceptors (Lipinski definition) is 4. The maximum Gasteiger partial charge on any atom is 0.258 e. The molecule has 7 heteroatoms. The van der Waals surface area contributed by atoms with Gasteiger partial charge in [-0.15, -0.1) is 0 Å². The third-order valence-electron chi connectivity index (χ3n) is 6.51. The van der Waals surface area contributed by atoms with Gasteiger partial charge in [0.1, 0.15) is 5.75 Å². The van der Waals surface area contributed by atoms with Crippen molar-refractivity contribution in [1.29, 1.82) is 0 Å². The Morgan fingerprint density at radius 3 is 2.41 bits per heavy atom. The van der Waals surface area contributed by atoms with Crippen molar-refractivity contribution in [3.05, 3.63) is 64.7 Å². The normalized spacial score (nSPS) is 16.1. The molecule has 6 nitrogen and oxygen atoms in total. The van der Waals surface area contributed by atoms with Crippen molar-refractivity contribution in [3.63, 3.8) is 0 Å². The van der Waals surface area contributed by atoms with Gasteiger partial charge in [-0.1, -0.05) is 48.4 Å². The molecule has 184 valence electrons. The molecule has 0 saturated carbocycles. The standard InChI is InChI=1S/C27H35ClN2O4/c1-27(33,21-10-5-4-6-11-21)26(32)30-16-14-20(15-17-30)9-7-8-18-34-22-12-13-23(24(28)19-22)25(31)29(2)3/h4-6,10-13,19-20,33H,7-9,14-18H2,1-3H3/t27-/m0/s1. The first-order valence-corrected chi connectivity index (χ1v) is 12.3. The lowest BCUT2D eigenvalue weighted by atomic mass is 9.89. The largest absolute Gasteiger partial charge is 0.494 e. The van der Waals surface area contributed by atoms with Gasteiger partial charge < -0.3 is 19.6 Å². The Kier molecular flexibility index (Phi) is 8.97. The van der Waals surface area contributed by atoms with E-state index in [1.54, 1.807) is 56.3 Å². The van der Waals surface area contributed by atoms with Crippen molar-refractivity contribution in [2.24, 2.45) is 5.92 Å². The Balaban J connectivity index is 1.36. The molecular formula is C27H35ClN2O4. The first kappa shape index (κ1) is 26.0. The Bertz CT molecular complexity index is 970. The van der Waals surface area contributed by atoms with Crippen LogP contribution in [0.1, 0.15) is 54.9 Å². The number of carbonyl (C=O) groups excluding carboxylic acids is 2. The summed E-state index contributed by atoms with van der Waals surface area (Å²) in [5.74, 6) is 0.893. The zero-order chi connectivity index (χ0) is 24.7. The molecule has 1 aliphatic rings. The summed E-state index contributed by atoms with van der Waals surface area (Å²) in [6.07, 6.45) is 4.98. The average Bonchev–Trinajstić information content (AvgIpc) is 2.84. The number of ether oxygens (including phenoxy) is 1. The van der Waals surface area contributed by atoms with Crippen LogP contribution in [0.15, 0.2) is 48.5 Å². The number of hydrogen-bond donors (Lipinski definition) is 1.